The number of carboxylic acid groups (broad SMARTS) is 1. The SMILES string of the molecule is N#Cc1c(NC(=O)O)sc2c(F)ccc(-c3c(F)c4c5c(c3Cl)NCN=C5N(C3CCCOC3)C=C(OC[C@@]35CCCN3C[C@H](F)C5)O4)c12. The van der Waals surface area contributed by atoms with Gasteiger partial charge in [-0.15, -0.1) is 11.3 Å². The van der Waals surface area contributed by atoms with E-state index in [0.717, 1.165) is 49.6 Å². The van der Waals surface area contributed by atoms with E-state index in [-0.39, 0.29) is 73.4 Å². The van der Waals surface area contributed by atoms with Gasteiger partial charge in [-0.2, -0.15) is 5.26 Å². The minimum Gasteiger partial charge on any atom is -0.465 e. The van der Waals surface area contributed by atoms with Crippen LogP contribution < -0.4 is 15.4 Å². The van der Waals surface area contributed by atoms with Crippen LogP contribution in [-0.2, 0) is 9.47 Å². The number of amidine groups is 1. The van der Waals surface area contributed by atoms with Gasteiger partial charge in [-0.1, -0.05) is 17.7 Å². The fraction of sp³-hybridized carbons (Fsp3) is 0.424. The number of hydrogen-bond acceptors (Lipinski definition) is 10. The number of rotatable bonds is 6. The third kappa shape index (κ3) is 5.24. The van der Waals surface area contributed by atoms with Gasteiger partial charge in [-0.3, -0.25) is 10.2 Å². The molecule has 0 radical (unpaired) electrons. The number of thiophene rings is 1. The van der Waals surface area contributed by atoms with Crippen LogP contribution in [0.5, 0.6) is 5.75 Å². The molecule has 256 valence electrons. The van der Waals surface area contributed by atoms with Crippen LogP contribution in [0.4, 0.5) is 28.7 Å². The van der Waals surface area contributed by atoms with Crippen LogP contribution in [-0.4, -0.2) is 84.2 Å². The molecule has 5 aliphatic rings. The molecule has 49 heavy (non-hydrogen) atoms. The number of anilines is 2. The molecule has 0 aliphatic carbocycles. The molecule has 3 fully saturated rings. The Hall–Kier alpha value is -4.23. The van der Waals surface area contributed by atoms with E-state index in [2.05, 4.69) is 15.5 Å². The number of aliphatic imine (C=N–C) groups is 1. The molecule has 16 heteroatoms. The normalized spacial score (nSPS) is 24.6. The largest absolute Gasteiger partial charge is 0.465 e. The quantitative estimate of drug-likeness (QED) is 0.251. The summed E-state index contributed by atoms with van der Waals surface area (Å²) in [6.07, 6.45) is 2.78. The lowest BCUT2D eigenvalue weighted by Gasteiger charge is -2.35. The van der Waals surface area contributed by atoms with Crippen molar-refractivity contribution in [2.24, 2.45) is 4.99 Å². The number of halogens is 4. The monoisotopic (exact) mass is 714 g/mol. The van der Waals surface area contributed by atoms with Crippen LogP contribution in [0.2, 0.25) is 5.02 Å². The van der Waals surface area contributed by atoms with E-state index in [1.807, 2.05) is 11.0 Å². The van der Waals surface area contributed by atoms with E-state index in [1.54, 1.807) is 6.20 Å². The van der Waals surface area contributed by atoms with E-state index >= 15 is 8.78 Å². The Morgan fingerprint density at radius 2 is 2.18 bits per heavy atom. The van der Waals surface area contributed by atoms with E-state index in [0.29, 0.717) is 37.7 Å². The minimum absolute atomic E-state index is 0.00190. The Morgan fingerprint density at radius 1 is 1.33 bits per heavy atom. The summed E-state index contributed by atoms with van der Waals surface area (Å²) in [6, 6.07) is 4.17. The zero-order valence-electron chi connectivity index (χ0n) is 26.0. The first kappa shape index (κ1) is 32.0. The summed E-state index contributed by atoms with van der Waals surface area (Å²) in [7, 11) is 0. The Kier molecular flexibility index (Phi) is 8.02. The molecule has 0 bridgehead atoms. The molecule has 3 atom stereocenters. The van der Waals surface area contributed by atoms with Gasteiger partial charge >= 0.3 is 12.0 Å². The van der Waals surface area contributed by atoms with Gasteiger partial charge in [0.05, 0.1) is 50.9 Å². The number of hydrogen-bond donors (Lipinski definition) is 3. The van der Waals surface area contributed by atoms with Crippen LogP contribution in [0.15, 0.2) is 29.3 Å². The summed E-state index contributed by atoms with van der Waals surface area (Å²) < 4.78 is 65.4. The molecule has 1 unspecified atom stereocenters. The van der Waals surface area contributed by atoms with E-state index in [1.165, 1.54) is 6.07 Å². The number of nitrogens with zero attached hydrogens (tertiary/aromatic N) is 4. The van der Waals surface area contributed by atoms with Crippen molar-refractivity contribution in [3.05, 3.63) is 52.1 Å². The number of nitrogens with one attached hydrogen (secondary N) is 2. The van der Waals surface area contributed by atoms with Gasteiger partial charge in [0, 0.05) is 30.5 Å². The number of amides is 1. The molecule has 1 amide bonds. The maximum absolute atomic E-state index is 17.3. The predicted molar refractivity (Wildman–Crippen MR) is 177 cm³/mol. The number of benzene rings is 2. The molecule has 0 spiro atoms. The third-order valence-corrected chi connectivity index (χ3v) is 11.4. The average Bonchev–Trinajstić information content (AvgIpc) is 3.70. The first-order chi connectivity index (χ1) is 23.7. The van der Waals surface area contributed by atoms with Gasteiger partial charge in [0.2, 0.25) is 0 Å². The van der Waals surface area contributed by atoms with Crippen molar-refractivity contribution in [3.63, 3.8) is 0 Å². The molecule has 11 nitrogen and oxygen atoms in total. The fourth-order valence-electron chi connectivity index (χ4n) is 7.78. The van der Waals surface area contributed by atoms with E-state index in [9.17, 15) is 19.6 Å². The van der Waals surface area contributed by atoms with Crippen LogP contribution in [0.3, 0.4) is 0 Å². The molecular formula is C33H30ClF3N6O5S. The summed E-state index contributed by atoms with van der Waals surface area (Å²) in [5, 5.41) is 24.5. The third-order valence-electron chi connectivity index (χ3n) is 9.90. The van der Waals surface area contributed by atoms with Crippen molar-refractivity contribution < 1.29 is 37.3 Å². The van der Waals surface area contributed by atoms with Gasteiger partial charge in [0.15, 0.2) is 11.6 Å². The van der Waals surface area contributed by atoms with Crippen molar-refractivity contribution in [2.45, 2.75) is 49.9 Å². The fourth-order valence-corrected chi connectivity index (χ4v) is 9.20. The highest BCUT2D eigenvalue weighted by molar-refractivity contribution is 7.23. The number of nitriles is 1. The minimum atomic E-state index is -1.44. The molecule has 3 aromatic rings. The topological polar surface area (TPSA) is 132 Å². The van der Waals surface area contributed by atoms with Gasteiger partial charge in [-0.25, -0.2) is 23.0 Å². The highest BCUT2D eigenvalue weighted by Crippen LogP contribution is 2.51. The van der Waals surface area contributed by atoms with E-state index < -0.39 is 29.4 Å². The Morgan fingerprint density at radius 3 is 2.96 bits per heavy atom. The van der Waals surface area contributed by atoms with Gasteiger partial charge in [-0.05, 0) is 43.9 Å². The maximum Gasteiger partial charge on any atom is 0.409 e. The lowest BCUT2D eigenvalue weighted by molar-refractivity contribution is 0.0216. The van der Waals surface area contributed by atoms with Gasteiger partial charge in [0.1, 0.15) is 42.2 Å². The number of fused-ring (bicyclic) bond motifs is 2. The van der Waals surface area contributed by atoms with Gasteiger partial charge in [0.25, 0.3) is 0 Å². The summed E-state index contributed by atoms with van der Waals surface area (Å²) >= 11 is 7.75. The van der Waals surface area contributed by atoms with Crippen LogP contribution in [0.1, 0.15) is 43.2 Å². The van der Waals surface area contributed by atoms with Crippen molar-refractivity contribution in [3.8, 4) is 22.9 Å². The van der Waals surface area contributed by atoms with Crippen molar-refractivity contribution in [2.75, 3.05) is 50.2 Å². The molecule has 6 heterocycles. The van der Waals surface area contributed by atoms with Crippen molar-refractivity contribution >= 4 is 55.6 Å². The second-order valence-electron chi connectivity index (χ2n) is 12.7. The average molecular weight is 715 g/mol. The smallest absolute Gasteiger partial charge is 0.409 e. The molecule has 3 N–H and O–H groups in total. The van der Waals surface area contributed by atoms with Crippen molar-refractivity contribution in [1.29, 1.82) is 5.26 Å². The highest BCUT2D eigenvalue weighted by Gasteiger charge is 2.50. The lowest BCUT2D eigenvalue weighted by Crippen LogP contribution is -2.44. The summed E-state index contributed by atoms with van der Waals surface area (Å²) in [6.45, 7) is 2.31. The summed E-state index contributed by atoms with van der Waals surface area (Å²) in [4.78, 5) is 20.2. The number of alkyl halides is 1. The molecular weight excluding hydrogens is 685 g/mol. The molecule has 8 rings (SSSR count). The number of ether oxygens (including phenoxy) is 3. The van der Waals surface area contributed by atoms with Crippen LogP contribution in [0.25, 0.3) is 21.2 Å². The summed E-state index contributed by atoms with van der Waals surface area (Å²) in [5.74, 6) is -1.53. The van der Waals surface area contributed by atoms with E-state index in [4.69, 9.17) is 30.8 Å². The second kappa shape index (κ2) is 12.3. The molecule has 5 aliphatic heterocycles. The second-order valence-corrected chi connectivity index (χ2v) is 14.1. The Bertz CT molecular complexity index is 2000. The zero-order chi connectivity index (χ0) is 34.0. The van der Waals surface area contributed by atoms with Gasteiger partial charge < -0.3 is 29.5 Å². The molecule has 1 aromatic heterocycles. The Balaban J connectivity index is 1.29. The van der Waals surface area contributed by atoms with Crippen LogP contribution in [0, 0.1) is 23.0 Å². The first-order valence-electron chi connectivity index (χ1n) is 16.0. The molecule has 3 saturated heterocycles. The maximum atomic E-state index is 17.3. The number of carbonyl (C=O) groups is 1. The zero-order valence-corrected chi connectivity index (χ0v) is 27.5. The molecule has 0 saturated carbocycles. The summed E-state index contributed by atoms with van der Waals surface area (Å²) in [5.41, 5.74) is -0.250. The standard InChI is InChI=1S/C33H30ClF3N6O5S/c34-25-23(18-4-5-20(36)29-22(18)19(10-38)31(49-29)41-32(44)45)26(37)28-24-27(25)39-15-40-30(24)43(17-3-1-8-46-13-17)12-21(48-28)47-14-33-6-2-7-42(33)11-16(35)9-33/h4-5,12,16-17,39,41H,1-3,6-9,11,13-15H2,(H,44,45)/t16-,17?,33+/m1/s1. The predicted octanol–water partition coefficient (Wildman–Crippen LogP) is 6.86. The van der Waals surface area contributed by atoms with Crippen LogP contribution >= 0.6 is 22.9 Å². The Labute approximate surface area is 287 Å². The first-order valence-corrected chi connectivity index (χ1v) is 17.2. The highest BCUT2D eigenvalue weighted by atomic mass is 35.5. The molecule has 2 aromatic carbocycles. The van der Waals surface area contributed by atoms with Crippen molar-refractivity contribution in [1.82, 2.24) is 9.80 Å². The lowest BCUT2D eigenvalue weighted by atomic mass is 9.94.